The number of rotatable bonds is 4. The molecule has 1 aromatic heterocycles. The van der Waals surface area contributed by atoms with Gasteiger partial charge in [-0.3, -0.25) is 4.79 Å². The Morgan fingerprint density at radius 1 is 1.17 bits per heavy atom. The van der Waals surface area contributed by atoms with Gasteiger partial charge in [0.25, 0.3) is 5.91 Å². The summed E-state index contributed by atoms with van der Waals surface area (Å²) in [5.41, 5.74) is 2.89. The first-order chi connectivity index (χ1) is 11.2. The van der Waals surface area contributed by atoms with Crippen LogP contribution < -0.4 is 5.32 Å². The normalized spacial score (nSPS) is 14.6. The minimum Gasteiger partial charge on any atom is -0.350 e. The predicted octanol–water partition coefficient (Wildman–Crippen LogP) is 3.02. The first kappa shape index (κ1) is 15.5. The van der Waals surface area contributed by atoms with Gasteiger partial charge in [0.1, 0.15) is 5.69 Å². The van der Waals surface area contributed by atoms with Crippen molar-refractivity contribution in [1.82, 2.24) is 14.9 Å². The van der Waals surface area contributed by atoms with Gasteiger partial charge >= 0.3 is 0 Å². The van der Waals surface area contributed by atoms with Crippen molar-refractivity contribution in [2.24, 2.45) is 0 Å². The molecular formula is C18H22N4O. The Balaban J connectivity index is 1.67. The van der Waals surface area contributed by atoms with Crippen molar-refractivity contribution in [2.45, 2.75) is 32.7 Å². The monoisotopic (exact) mass is 310 g/mol. The standard InChI is InChI=1S/C18H22N4O/c1-14-7-3-4-8-15(14)13-20-18-19-10-9-16(21-18)17(23)22-11-5-2-6-12-22/h3-4,7-10H,2,5-6,11-13H2,1H3,(H,19,20,21). The number of carbonyl (C=O) groups is 1. The summed E-state index contributed by atoms with van der Waals surface area (Å²) in [4.78, 5) is 23.0. The van der Waals surface area contributed by atoms with Crippen molar-refractivity contribution in [1.29, 1.82) is 0 Å². The Kier molecular flexibility index (Phi) is 4.86. The van der Waals surface area contributed by atoms with E-state index in [-0.39, 0.29) is 5.91 Å². The van der Waals surface area contributed by atoms with Crippen molar-refractivity contribution >= 4 is 11.9 Å². The maximum atomic E-state index is 12.5. The highest BCUT2D eigenvalue weighted by Gasteiger charge is 2.19. The van der Waals surface area contributed by atoms with Gasteiger partial charge in [0.2, 0.25) is 5.95 Å². The molecule has 2 aromatic rings. The van der Waals surface area contributed by atoms with Gasteiger partial charge in [-0.25, -0.2) is 9.97 Å². The van der Waals surface area contributed by atoms with Crippen LogP contribution in [0.5, 0.6) is 0 Å². The molecule has 5 heteroatoms. The zero-order valence-corrected chi connectivity index (χ0v) is 13.5. The quantitative estimate of drug-likeness (QED) is 0.943. The third-order valence-electron chi connectivity index (χ3n) is 4.22. The Morgan fingerprint density at radius 2 is 1.96 bits per heavy atom. The average Bonchev–Trinajstić information content (AvgIpc) is 2.61. The molecule has 1 aromatic carbocycles. The van der Waals surface area contributed by atoms with Crippen molar-refractivity contribution in [3.63, 3.8) is 0 Å². The van der Waals surface area contributed by atoms with Crippen LogP contribution in [-0.2, 0) is 6.54 Å². The molecule has 0 bridgehead atoms. The maximum Gasteiger partial charge on any atom is 0.272 e. The Morgan fingerprint density at radius 3 is 2.74 bits per heavy atom. The third-order valence-corrected chi connectivity index (χ3v) is 4.22. The summed E-state index contributed by atoms with van der Waals surface area (Å²) in [5.74, 6) is 0.502. The van der Waals surface area contributed by atoms with Gasteiger partial charge in [0.15, 0.2) is 0 Å². The highest BCUT2D eigenvalue weighted by Crippen LogP contribution is 2.13. The van der Waals surface area contributed by atoms with Crippen LogP contribution in [-0.4, -0.2) is 33.9 Å². The number of likely N-dealkylation sites (tertiary alicyclic amines) is 1. The maximum absolute atomic E-state index is 12.5. The topological polar surface area (TPSA) is 58.1 Å². The lowest BCUT2D eigenvalue weighted by atomic mass is 10.1. The second-order valence-corrected chi connectivity index (χ2v) is 5.90. The van der Waals surface area contributed by atoms with Crippen molar-refractivity contribution in [2.75, 3.05) is 18.4 Å². The van der Waals surface area contributed by atoms with Crippen LogP contribution >= 0.6 is 0 Å². The average molecular weight is 310 g/mol. The molecule has 2 heterocycles. The van der Waals surface area contributed by atoms with Gasteiger partial charge in [0.05, 0.1) is 0 Å². The van der Waals surface area contributed by atoms with E-state index < -0.39 is 0 Å². The molecule has 1 fully saturated rings. The predicted molar refractivity (Wildman–Crippen MR) is 90.3 cm³/mol. The molecule has 1 aliphatic rings. The largest absolute Gasteiger partial charge is 0.350 e. The number of anilines is 1. The molecular weight excluding hydrogens is 288 g/mol. The molecule has 0 radical (unpaired) electrons. The Labute approximate surface area is 136 Å². The van der Waals surface area contributed by atoms with E-state index in [4.69, 9.17) is 0 Å². The molecule has 1 amide bonds. The fraction of sp³-hybridized carbons (Fsp3) is 0.389. The summed E-state index contributed by atoms with van der Waals surface area (Å²) < 4.78 is 0. The van der Waals surface area contributed by atoms with E-state index in [9.17, 15) is 4.79 Å². The number of aromatic nitrogens is 2. The molecule has 5 nitrogen and oxygen atoms in total. The van der Waals surface area contributed by atoms with Crippen LogP contribution in [0.4, 0.5) is 5.95 Å². The van der Waals surface area contributed by atoms with E-state index in [2.05, 4.69) is 34.3 Å². The van der Waals surface area contributed by atoms with E-state index in [1.165, 1.54) is 17.5 Å². The van der Waals surface area contributed by atoms with E-state index in [1.807, 2.05) is 17.0 Å². The first-order valence-corrected chi connectivity index (χ1v) is 8.15. The van der Waals surface area contributed by atoms with Gasteiger partial charge < -0.3 is 10.2 Å². The lowest BCUT2D eigenvalue weighted by Crippen LogP contribution is -2.36. The second kappa shape index (κ2) is 7.22. The van der Waals surface area contributed by atoms with Gasteiger partial charge in [-0.05, 0) is 43.4 Å². The van der Waals surface area contributed by atoms with Gasteiger partial charge in [-0.1, -0.05) is 24.3 Å². The number of nitrogens with one attached hydrogen (secondary N) is 1. The minimum absolute atomic E-state index is 0.00559. The lowest BCUT2D eigenvalue weighted by molar-refractivity contribution is 0.0718. The van der Waals surface area contributed by atoms with Crippen LogP contribution in [0.3, 0.4) is 0 Å². The number of piperidine rings is 1. The number of benzene rings is 1. The molecule has 0 unspecified atom stereocenters. The highest BCUT2D eigenvalue weighted by atomic mass is 16.2. The molecule has 0 aliphatic carbocycles. The van der Waals surface area contributed by atoms with Crippen LogP contribution in [0.1, 0.15) is 40.9 Å². The number of hydrogen-bond donors (Lipinski definition) is 1. The molecule has 0 atom stereocenters. The number of carbonyl (C=O) groups excluding carboxylic acids is 1. The summed E-state index contributed by atoms with van der Waals surface area (Å²) in [7, 11) is 0. The van der Waals surface area contributed by atoms with Crippen LogP contribution in [0, 0.1) is 6.92 Å². The Hall–Kier alpha value is -2.43. The van der Waals surface area contributed by atoms with E-state index >= 15 is 0 Å². The zero-order valence-electron chi connectivity index (χ0n) is 13.5. The number of nitrogens with zero attached hydrogens (tertiary/aromatic N) is 3. The summed E-state index contributed by atoms with van der Waals surface area (Å²) in [6.07, 6.45) is 5.01. The molecule has 0 spiro atoms. The van der Waals surface area contributed by atoms with Crippen molar-refractivity contribution in [3.8, 4) is 0 Å². The molecule has 3 rings (SSSR count). The molecule has 0 saturated carbocycles. The lowest BCUT2D eigenvalue weighted by Gasteiger charge is -2.26. The van der Waals surface area contributed by atoms with Crippen LogP contribution in [0.25, 0.3) is 0 Å². The molecule has 23 heavy (non-hydrogen) atoms. The fourth-order valence-electron chi connectivity index (χ4n) is 2.80. The Bertz CT molecular complexity index is 680. The fourth-order valence-corrected chi connectivity index (χ4v) is 2.80. The smallest absolute Gasteiger partial charge is 0.272 e. The summed E-state index contributed by atoms with van der Waals surface area (Å²) in [6.45, 7) is 4.38. The van der Waals surface area contributed by atoms with Crippen LogP contribution in [0.2, 0.25) is 0 Å². The highest BCUT2D eigenvalue weighted by molar-refractivity contribution is 5.92. The van der Waals surface area contributed by atoms with E-state index in [0.29, 0.717) is 18.2 Å². The third kappa shape index (κ3) is 3.86. The molecule has 1 saturated heterocycles. The number of amides is 1. The van der Waals surface area contributed by atoms with Crippen molar-refractivity contribution in [3.05, 3.63) is 53.3 Å². The van der Waals surface area contributed by atoms with E-state index in [1.54, 1.807) is 12.3 Å². The van der Waals surface area contributed by atoms with Gasteiger partial charge in [-0.2, -0.15) is 0 Å². The van der Waals surface area contributed by atoms with Gasteiger partial charge in [0, 0.05) is 25.8 Å². The SMILES string of the molecule is Cc1ccccc1CNc1nccc(C(=O)N2CCCCC2)n1. The second-order valence-electron chi connectivity index (χ2n) is 5.90. The summed E-state index contributed by atoms with van der Waals surface area (Å²) in [5, 5.41) is 3.21. The van der Waals surface area contributed by atoms with E-state index in [0.717, 1.165) is 25.9 Å². The van der Waals surface area contributed by atoms with Crippen LogP contribution in [0.15, 0.2) is 36.5 Å². The minimum atomic E-state index is 0.00559. The zero-order chi connectivity index (χ0) is 16.1. The number of aryl methyl sites for hydroxylation is 1. The van der Waals surface area contributed by atoms with Crippen molar-refractivity contribution < 1.29 is 4.79 Å². The molecule has 1 N–H and O–H groups in total. The first-order valence-electron chi connectivity index (χ1n) is 8.15. The molecule has 1 aliphatic heterocycles. The molecule has 120 valence electrons. The number of hydrogen-bond acceptors (Lipinski definition) is 4. The van der Waals surface area contributed by atoms with Gasteiger partial charge in [-0.15, -0.1) is 0 Å². The summed E-state index contributed by atoms with van der Waals surface area (Å²) in [6, 6.07) is 9.88. The summed E-state index contributed by atoms with van der Waals surface area (Å²) >= 11 is 0.